The first kappa shape index (κ1) is 12.3. The maximum absolute atomic E-state index is 5.84. The van der Waals surface area contributed by atoms with Crippen molar-refractivity contribution in [3.8, 4) is 22.3 Å². The van der Waals surface area contributed by atoms with Crippen molar-refractivity contribution in [2.24, 2.45) is 0 Å². The molecular weight excluding hydrogens is 244 g/mol. The molecule has 0 unspecified atom stereocenters. The molecule has 0 spiro atoms. The van der Waals surface area contributed by atoms with Crippen molar-refractivity contribution < 1.29 is 0 Å². The van der Waals surface area contributed by atoms with Crippen LogP contribution in [-0.4, -0.2) is 0 Å². The Morgan fingerprint density at radius 1 is 0.450 bits per heavy atom. The van der Waals surface area contributed by atoms with Gasteiger partial charge < -0.3 is 11.5 Å². The fraction of sp³-hybridized carbons (Fsp3) is 0. The Balaban J connectivity index is 1.97. The predicted molar refractivity (Wildman–Crippen MR) is 86.1 cm³/mol. The number of benzene rings is 3. The van der Waals surface area contributed by atoms with Crippen LogP contribution in [0.2, 0.25) is 0 Å². The monoisotopic (exact) mass is 260 g/mol. The lowest BCUT2D eigenvalue weighted by Gasteiger charge is -2.07. The third-order valence-corrected chi connectivity index (χ3v) is 3.30. The van der Waals surface area contributed by atoms with Gasteiger partial charge in [0.25, 0.3) is 0 Å². The highest BCUT2D eigenvalue weighted by Gasteiger charge is 2.02. The van der Waals surface area contributed by atoms with Crippen LogP contribution in [0.4, 0.5) is 11.4 Å². The van der Waals surface area contributed by atoms with E-state index in [1.54, 1.807) is 6.07 Å². The van der Waals surface area contributed by atoms with Crippen LogP contribution in [0.25, 0.3) is 22.3 Å². The van der Waals surface area contributed by atoms with Crippen LogP contribution in [-0.2, 0) is 0 Å². The highest BCUT2D eigenvalue weighted by molar-refractivity contribution is 5.74. The smallest absolute Gasteiger partial charge is 0.0340 e. The molecule has 4 N–H and O–H groups in total. The molecule has 0 bridgehead atoms. The number of nitrogens with two attached hydrogens (primary N) is 2. The van der Waals surface area contributed by atoms with Gasteiger partial charge in [0.15, 0.2) is 0 Å². The predicted octanol–water partition coefficient (Wildman–Crippen LogP) is 4.19. The third kappa shape index (κ3) is 2.50. The fourth-order valence-electron chi connectivity index (χ4n) is 2.33. The van der Waals surface area contributed by atoms with Gasteiger partial charge in [-0.05, 0) is 40.5 Å². The van der Waals surface area contributed by atoms with Crippen molar-refractivity contribution in [2.75, 3.05) is 11.5 Å². The largest absolute Gasteiger partial charge is 0.399 e. The van der Waals surface area contributed by atoms with Crippen molar-refractivity contribution in [1.29, 1.82) is 0 Å². The second kappa shape index (κ2) is 5.10. The lowest BCUT2D eigenvalue weighted by Crippen LogP contribution is -1.91. The lowest BCUT2D eigenvalue weighted by molar-refractivity contribution is 1.58. The van der Waals surface area contributed by atoms with Crippen LogP contribution in [0, 0.1) is 0 Å². The van der Waals surface area contributed by atoms with E-state index in [2.05, 4.69) is 36.4 Å². The summed E-state index contributed by atoms with van der Waals surface area (Å²) in [5.74, 6) is 0. The third-order valence-electron chi connectivity index (χ3n) is 3.30. The number of nitrogen functional groups attached to an aromatic ring is 2. The molecule has 2 nitrogen and oxygen atoms in total. The molecule has 3 rings (SSSR count). The summed E-state index contributed by atoms with van der Waals surface area (Å²) < 4.78 is 0. The molecule has 0 aliphatic carbocycles. The molecule has 0 amide bonds. The zero-order valence-corrected chi connectivity index (χ0v) is 11.1. The normalized spacial score (nSPS) is 10.4. The fourth-order valence-corrected chi connectivity index (χ4v) is 2.33. The van der Waals surface area contributed by atoms with Crippen molar-refractivity contribution in [2.45, 2.75) is 0 Å². The van der Waals surface area contributed by atoms with Gasteiger partial charge in [0.2, 0.25) is 0 Å². The zero-order valence-electron chi connectivity index (χ0n) is 11.1. The molecule has 3 aromatic carbocycles. The average molecular weight is 260 g/mol. The highest BCUT2D eigenvalue weighted by atomic mass is 14.6. The Morgan fingerprint density at radius 3 is 1.45 bits per heavy atom. The molecule has 0 saturated heterocycles. The quantitative estimate of drug-likeness (QED) is 0.679. The van der Waals surface area contributed by atoms with Gasteiger partial charge >= 0.3 is 0 Å². The van der Waals surface area contributed by atoms with Crippen LogP contribution >= 0.6 is 0 Å². The van der Waals surface area contributed by atoms with Gasteiger partial charge in [-0.25, -0.2) is 0 Å². The van der Waals surface area contributed by atoms with Crippen LogP contribution in [0.15, 0.2) is 72.8 Å². The maximum Gasteiger partial charge on any atom is 0.0340 e. The van der Waals surface area contributed by atoms with Gasteiger partial charge in [-0.1, -0.05) is 54.6 Å². The van der Waals surface area contributed by atoms with E-state index in [0.717, 1.165) is 11.1 Å². The van der Waals surface area contributed by atoms with Crippen LogP contribution < -0.4 is 11.5 Å². The molecule has 0 radical (unpaired) electrons. The van der Waals surface area contributed by atoms with Crippen molar-refractivity contribution in [3.05, 3.63) is 72.8 Å². The molecule has 0 aliphatic heterocycles. The van der Waals surface area contributed by atoms with E-state index in [-0.39, 0.29) is 0 Å². The molecule has 0 atom stereocenters. The number of anilines is 2. The van der Waals surface area contributed by atoms with E-state index in [0.29, 0.717) is 11.4 Å². The summed E-state index contributed by atoms with van der Waals surface area (Å²) >= 11 is 0. The SMILES string of the molecule is Nc1cc(N)cc(-c2ccc(-c3ccccc3)cc2)c1. The molecule has 0 fully saturated rings. The first-order chi connectivity index (χ1) is 9.72. The van der Waals surface area contributed by atoms with Gasteiger partial charge in [0, 0.05) is 11.4 Å². The van der Waals surface area contributed by atoms with E-state index in [1.807, 2.05) is 30.3 Å². The second-order valence-electron chi connectivity index (χ2n) is 4.83. The summed E-state index contributed by atoms with van der Waals surface area (Å²) in [7, 11) is 0. The molecule has 20 heavy (non-hydrogen) atoms. The minimum atomic E-state index is 0.687. The van der Waals surface area contributed by atoms with Crippen LogP contribution in [0.1, 0.15) is 0 Å². The molecule has 3 aromatic rings. The number of hydrogen-bond acceptors (Lipinski definition) is 2. The average Bonchev–Trinajstić information content (AvgIpc) is 2.47. The molecule has 0 saturated carbocycles. The first-order valence-electron chi connectivity index (χ1n) is 6.54. The summed E-state index contributed by atoms with van der Waals surface area (Å²) in [6, 6.07) is 24.4. The van der Waals surface area contributed by atoms with Gasteiger partial charge in [0.05, 0.1) is 0 Å². The van der Waals surface area contributed by atoms with E-state index in [1.165, 1.54) is 11.1 Å². The molecule has 2 heteroatoms. The summed E-state index contributed by atoms with van der Waals surface area (Å²) in [4.78, 5) is 0. The Hall–Kier alpha value is -2.74. The Morgan fingerprint density at radius 2 is 0.900 bits per heavy atom. The summed E-state index contributed by atoms with van der Waals surface area (Å²) in [5, 5.41) is 0. The van der Waals surface area contributed by atoms with E-state index in [9.17, 15) is 0 Å². The van der Waals surface area contributed by atoms with Crippen molar-refractivity contribution >= 4 is 11.4 Å². The summed E-state index contributed by atoms with van der Waals surface area (Å²) in [6.07, 6.45) is 0. The van der Waals surface area contributed by atoms with E-state index < -0.39 is 0 Å². The van der Waals surface area contributed by atoms with Gasteiger partial charge in [-0.2, -0.15) is 0 Å². The summed E-state index contributed by atoms with van der Waals surface area (Å²) in [6.45, 7) is 0. The Labute approximate surface area is 118 Å². The van der Waals surface area contributed by atoms with Crippen LogP contribution in [0.3, 0.4) is 0 Å². The van der Waals surface area contributed by atoms with Crippen molar-refractivity contribution in [1.82, 2.24) is 0 Å². The summed E-state index contributed by atoms with van der Waals surface area (Å²) in [5.41, 5.74) is 17.6. The zero-order chi connectivity index (χ0) is 13.9. The van der Waals surface area contributed by atoms with Crippen LogP contribution in [0.5, 0.6) is 0 Å². The minimum absolute atomic E-state index is 0.687. The Bertz CT molecular complexity index is 696. The topological polar surface area (TPSA) is 52.0 Å². The van der Waals surface area contributed by atoms with Gasteiger partial charge in [-0.3, -0.25) is 0 Å². The molecular formula is C18H16N2. The molecule has 0 aromatic heterocycles. The van der Waals surface area contributed by atoms with Crippen molar-refractivity contribution in [3.63, 3.8) is 0 Å². The minimum Gasteiger partial charge on any atom is -0.399 e. The number of hydrogen-bond donors (Lipinski definition) is 2. The number of rotatable bonds is 2. The van der Waals surface area contributed by atoms with Gasteiger partial charge in [-0.15, -0.1) is 0 Å². The highest BCUT2D eigenvalue weighted by Crippen LogP contribution is 2.27. The molecule has 98 valence electrons. The second-order valence-corrected chi connectivity index (χ2v) is 4.83. The van der Waals surface area contributed by atoms with E-state index >= 15 is 0 Å². The molecule has 0 aliphatic rings. The standard InChI is InChI=1S/C18H16N2/c19-17-10-16(11-18(20)12-17)15-8-6-14(7-9-15)13-4-2-1-3-5-13/h1-12H,19-20H2. The lowest BCUT2D eigenvalue weighted by atomic mass is 10.00. The van der Waals surface area contributed by atoms with E-state index in [4.69, 9.17) is 11.5 Å². The maximum atomic E-state index is 5.84. The first-order valence-corrected chi connectivity index (χ1v) is 6.54. The van der Waals surface area contributed by atoms with Gasteiger partial charge in [0.1, 0.15) is 0 Å². The Kier molecular flexibility index (Phi) is 3.13. The molecule has 0 heterocycles.